The van der Waals surface area contributed by atoms with Crippen LogP contribution in [0.5, 0.6) is 11.5 Å². The fourth-order valence-corrected chi connectivity index (χ4v) is 3.97. The summed E-state index contributed by atoms with van der Waals surface area (Å²) in [7, 11) is 1.54. The predicted octanol–water partition coefficient (Wildman–Crippen LogP) is 5.84. The third-order valence-corrected chi connectivity index (χ3v) is 6.05. The smallest absolute Gasteiger partial charge is 0.282 e. The lowest BCUT2D eigenvalue weighted by atomic mass is 10.2. The number of hydrogen-bond donors (Lipinski definition) is 0. The number of ether oxygens (including phenoxy) is 2. The van der Waals surface area contributed by atoms with Gasteiger partial charge in [-0.2, -0.15) is 9.78 Å². The van der Waals surface area contributed by atoms with Gasteiger partial charge in [-0.15, -0.1) is 0 Å². The monoisotopic (exact) mass is 573 g/mol. The highest BCUT2D eigenvalue weighted by molar-refractivity contribution is 9.10. The Balaban J connectivity index is 1.63. The maximum absolute atomic E-state index is 13.1. The Morgan fingerprint density at radius 3 is 2.58 bits per heavy atom. The van der Waals surface area contributed by atoms with E-state index in [0.717, 1.165) is 10.0 Å². The molecule has 0 saturated carbocycles. The molecule has 168 valence electrons. The topological polar surface area (TPSA) is 65.7 Å². The number of aryl methyl sites for hydroxylation is 1. The molecule has 0 aliphatic carbocycles. The molecular formula is C24H18Br2FN3O3. The Morgan fingerprint density at radius 1 is 1.09 bits per heavy atom. The predicted molar refractivity (Wildman–Crippen MR) is 133 cm³/mol. The van der Waals surface area contributed by atoms with E-state index in [1.165, 1.54) is 23.9 Å². The Labute approximate surface area is 205 Å². The lowest BCUT2D eigenvalue weighted by Gasteiger charge is -2.13. The summed E-state index contributed by atoms with van der Waals surface area (Å²) in [5, 5.41) is 4.83. The standard InChI is InChI=1S/C24H18Br2FN3O3/c1-14-29-21-8-5-17(25)10-19(21)24(31)30(14)28-12-16-9-22(32-2)23(11-20(16)26)33-13-15-3-6-18(27)7-4-15/h3-12H,13H2,1-2H3. The van der Waals surface area contributed by atoms with Crippen molar-refractivity contribution in [1.29, 1.82) is 0 Å². The zero-order valence-corrected chi connectivity index (χ0v) is 20.9. The second-order valence-electron chi connectivity index (χ2n) is 7.12. The number of aromatic nitrogens is 2. The average molecular weight is 575 g/mol. The normalized spacial score (nSPS) is 11.3. The van der Waals surface area contributed by atoms with Crippen molar-refractivity contribution < 1.29 is 13.9 Å². The Hall–Kier alpha value is -3.04. The summed E-state index contributed by atoms with van der Waals surface area (Å²) in [4.78, 5) is 17.4. The number of rotatable bonds is 6. The van der Waals surface area contributed by atoms with Gasteiger partial charge in [0.25, 0.3) is 5.56 Å². The van der Waals surface area contributed by atoms with Gasteiger partial charge in [-0.25, -0.2) is 9.37 Å². The van der Waals surface area contributed by atoms with Crippen molar-refractivity contribution in [3.63, 3.8) is 0 Å². The van der Waals surface area contributed by atoms with E-state index in [1.807, 2.05) is 6.07 Å². The van der Waals surface area contributed by atoms with Crippen molar-refractivity contribution in [1.82, 2.24) is 9.66 Å². The van der Waals surface area contributed by atoms with E-state index < -0.39 is 0 Å². The molecule has 6 nitrogen and oxygen atoms in total. The molecule has 0 spiro atoms. The number of methoxy groups -OCH3 is 1. The van der Waals surface area contributed by atoms with Gasteiger partial charge in [0, 0.05) is 14.5 Å². The van der Waals surface area contributed by atoms with Crippen molar-refractivity contribution >= 4 is 49.0 Å². The van der Waals surface area contributed by atoms with E-state index in [0.29, 0.717) is 38.3 Å². The van der Waals surface area contributed by atoms with Crippen molar-refractivity contribution in [2.75, 3.05) is 7.11 Å². The largest absolute Gasteiger partial charge is 0.493 e. The molecule has 1 aromatic heterocycles. The molecule has 0 amide bonds. The Morgan fingerprint density at radius 2 is 1.85 bits per heavy atom. The molecule has 4 rings (SSSR count). The molecule has 0 atom stereocenters. The molecule has 33 heavy (non-hydrogen) atoms. The van der Waals surface area contributed by atoms with Gasteiger partial charge in [-0.3, -0.25) is 4.79 Å². The van der Waals surface area contributed by atoms with Crippen LogP contribution in [0.1, 0.15) is 17.0 Å². The van der Waals surface area contributed by atoms with E-state index in [-0.39, 0.29) is 18.0 Å². The first kappa shape index (κ1) is 23.1. The number of benzene rings is 3. The zero-order chi connectivity index (χ0) is 23.5. The molecule has 0 fully saturated rings. The molecule has 0 unspecified atom stereocenters. The highest BCUT2D eigenvalue weighted by Gasteiger charge is 2.12. The molecule has 0 radical (unpaired) electrons. The van der Waals surface area contributed by atoms with Crippen molar-refractivity contribution in [2.45, 2.75) is 13.5 Å². The van der Waals surface area contributed by atoms with Crippen LogP contribution in [0.2, 0.25) is 0 Å². The van der Waals surface area contributed by atoms with Gasteiger partial charge in [-0.05, 0) is 70.9 Å². The quantitative estimate of drug-likeness (QED) is 0.271. The van der Waals surface area contributed by atoms with E-state index in [9.17, 15) is 9.18 Å². The first-order chi connectivity index (χ1) is 15.9. The molecule has 0 saturated heterocycles. The van der Waals surface area contributed by atoms with Crippen LogP contribution < -0.4 is 15.0 Å². The maximum atomic E-state index is 13.1. The fourth-order valence-electron chi connectivity index (χ4n) is 3.18. The first-order valence-corrected chi connectivity index (χ1v) is 11.4. The minimum atomic E-state index is -0.300. The fraction of sp³-hybridized carbons (Fsp3) is 0.125. The van der Waals surface area contributed by atoms with Crippen LogP contribution in [-0.2, 0) is 6.61 Å². The van der Waals surface area contributed by atoms with Gasteiger partial charge >= 0.3 is 0 Å². The minimum absolute atomic E-state index is 0.253. The molecule has 0 N–H and O–H groups in total. The van der Waals surface area contributed by atoms with Crippen molar-refractivity contribution in [2.24, 2.45) is 5.10 Å². The Kier molecular flexibility index (Phi) is 6.90. The molecular weight excluding hydrogens is 557 g/mol. The summed E-state index contributed by atoms with van der Waals surface area (Å²) >= 11 is 6.91. The van der Waals surface area contributed by atoms with Gasteiger partial charge in [0.05, 0.1) is 24.2 Å². The third-order valence-electron chi connectivity index (χ3n) is 4.87. The van der Waals surface area contributed by atoms with E-state index in [1.54, 1.807) is 49.5 Å². The second kappa shape index (κ2) is 9.84. The van der Waals surface area contributed by atoms with Gasteiger partial charge in [-0.1, -0.05) is 28.1 Å². The van der Waals surface area contributed by atoms with E-state index >= 15 is 0 Å². The van der Waals surface area contributed by atoms with Gasteiger partial charge in [0.2, 0.25) is 0 Å². The molecule has 0 aliphatic heterocycles. The number of halogens is 3. The molecule has 0 aliphatic rings. The molecule has 3 aromatic carbocycles. The van der Waals surface area contributed by atoms with Gasteiger partial charge in [0.15, 0.2) is 11.5 Å². The van der Waals surface area contributed by atoms with Gasteiger partial charge in [0.1, 0.15) is 18.2 Å². The zero-order valence-electron chi connectivity index (χ0n) is 17.7. The lowest BCUT2D eigenvalue weighted by Crippen LogP contribution is -2.20. The van der Waals surface area contributed by atoms with Crippen LogP contribution in [0.4, 0.5) is 4.39 Å². The number of hydrogen-bond acceptors (Lipinski definition) is 5. The SMILES string of the molecule is COc1cc(C=Nn2c(C)nc3ccc(Br)cc3c2=O)c(Br)cc1OCc1ccc(F)cc1. The van der Waals surface area contributed by atoms with Crippen LogP contribution >= 0.6 is 31.9 Å². The lowest BCUT2D eigenvalue weighted by molar-refractivity contribution is 0.284. The summed E-state index contributed by atoms with van der Waals surface area (Å²) in [5.41, 5.74) is 1.85. The van der Waals surface area contributed by atoms with Crippen LogP contribution in [0.3, 0.4) is 0 Å². The summed E-state index contributed by atoms with van der Waals surface area (Å²) < 4.78 is 27.2. The molecule has 4 aromatic rings. The van der Waals surface area contributed by atoms with E-state index in [4.69, 9.17) is 9.47 Å². The summed E-state index contributed by atoms with van der Waals surface area (Å²) in [6.07, 6.45) is 1.55. The Bertz CT molecular complexity index is 1420. The first-order valence-electron chi connectivity index (χ1n) is 9.84. The second-order valence-corrected chi connectivity index (χ2v) is 8.89. The molecule has 9 heteroatoms. The third kappa shape index (κ3) is 5.15. The highest BCUT2D eigenvalue weighted by Crippen LogP contribution is 2.33. The maximum Gasteiger partial charge on any atom is 0.282 e. The van der Waals surface area contributed by atoms with E-state index in [2.05, 4.69) is 41.9 Å². The average Bonchev–Trinajstić information content (AvgIpc) is 2.80. The molecule has 0 bridgehead atoms. The summed E-state index contributed by atoms with van der Waals surface area (Å²) in [6.45, 7) is 1.98. The summed E-state index contributed by atoms with van der Waals surface area (Å²) in [6, 6.07) is 14.9. The molecule has 1 heterocycles. The van der Waals surface area contributed by atoms with Crippen LogP contribution in [0, 0.1) is 12.7 Å². The summed E-state index contributed by atoms with van der Waals surface area (Å²) in [5.74, 6) is 1.17. The number of fused-ring (bicyclic) bond motifs is 1. The van der Waals surface area contributed by atoms with Crippen molar-refractivity contribution in [3.05, 3.63) is 96.7 Å². The van der Waals surface area contributed by atoms with Crippen LogP contribution in [-0.4, -0.2) is 23.0 Å². The van der Waals surface area contributed by atoms with Gasteiger partial charge < -0.3 is 9.47 Å². The minimum Gasteiger partial charge on any atom is -0.493 e. The van der Waals surface area contributed by atoms with Crippen LogP contribution in [0.15, 0.2) is 73.4 Å². The number of nitrogens with zero attached hydrogens (tertiary/aromatic N) is 3. The van der Waals surface area contributed by atoms with Crippen LogP contribution in [0.25, 0.3) is 10.9 Å². The highest BCUT2D eigenvalue weighted by atomic mass is 79.9. The van der Waals surface area contributed by atoms with Crippen molar-refractivity contribution in [3.8, 4) is 11.5 Å².